The van der Waals surface area contributed by atoms with Crippen LogP contribution in [0.5, 0.6) is 0 Å². The topological polar surface area (TPSA) is 56.7 Å². The first-order chi connectivity index (χ1) is 12.1. The Morgan fingerprint density at radius 3 is 2.85 bits per heavy atom. The van der Waals surface area contributed by atoms with E-state index < -0.39 is 0 Å². The third-order valence-corrected chi connectivity index (χ3v) is 4.45. The average Bonchev–Trinajstić information content (AvgIpc) is 2.99. The third-order valence-electron chi connectivity index (χ3n) is 4.10. The number of halogens is 3. The molecule has 1 aromatic rings. The van der Waals surface area contributed by atoms with Crippen molar-refractivity contribution in [2.45, 2.75) is 32.6 Å². The molecule has 0 saturated carbocycles. The maximum atomic E-state index is 13.8. The second-order valence-electron chi connectivity index (χ2n) is 5.98. The molecule has 26 heavy (non-hydrogen) atoms. The first kappa shape index (κ1) is 23.0. The molecule has 1 aliphatic heterocycles. The molecule has 0 aromatic heterocycles. The van der Waals surface area contributed by atoms with Crippen molar-refractivity contribution in [2.24, 2.45) is 4.99 Å². The minimum Gasteiger partial charge on any atom is -0.357 e. The second-order valence-corrected chi connectivity index (χ2v) is 6.38. The summed E-state index contributed by atoms with van der Waals surface area (Å²) in [5.41, 5.74) is 0.514. The zero-order chi connectivity index (χ0) is 18.1. The molecule has 2 rings (SSSR count). The highest BCUT2D eigenvalue weighted by molar-refractivity contribution is 14.0. The fraction of sp³-hybridized carbons (Fsp3) is 0.556. The lowest BCUT2D eigenvalue weighted by Crippen LogP contribution is -2.38. The van der Waals surface area contributed by atoms with Gasteiger partial charge >= 0.3 is 0 Å². The van der Waals surface area contributed by atoms with Crippen LogP contribution in [0.4, 0.5) is 4.39 Å². The van der Waals surface area contributed by atoms with Gasteiger partial charge in [-0.25, -0.2) is 4.39 Å². The van der Waals surface area contributed by atoms with Crippen LogP contribution in [-0.4, -0.2) is 49.5 Å². The summed E-state index contributed by atoms with van der Waals surface area (Å²) in [5, 5.41) is 6.80. The summed E-state index contributed by atoms with van der Waals surface area (Å²) < 4.78 is 13.8. The maximum absolute atomic E-state index is 13.8. The van der Waals surface area contributed by atoms with E-state index in [2.05, 4.69) is 15.6 Å². The van der Waals surface area contributed by atoms with E-state index in [1.165, 1.54) is 6.07 Å². The van der Waals surface area contributed by atoms with Crippen molar-refractivity contribution in [3.8, 4) is 0 Å². The van der Waals surface area contributed by atoms with Crippen LogP contribution in [-0.2, 0) is 11.2 Å². The van der Waals surface area contributed by atoms with E-state index in [4.69, 9.17) is 11.6 Å². The van der Waals surface area contributed by atoms with E-state index in [-0.39, 0.29) is 35.7 Å². The van der Waals surface area contributed by atoms with Crippen molar-refractivity contribution < 1.29 is 9.18 Å². The summed E-state index contributed by atoms with van der Waals surface area (Å²) in [4.78, 5) is 18.0. The van der Waals surface area contributed by atoms with Gasteiger partial charge in [-0.1, -0.05) is 17.7 Å². The summed E-state index contributed by atoms with van der Waals surface area (Å²) in [6.45, 7) is 5.54. The number of nitrogens with zero attached hydrogens (tertiary/aromatic N) is 2. The molecular weight excluding hydrogens is 470 g/mol. The number of guanidine groups is 1. The third kappa shape index (κ3) is 7.26. The van der Waals surface area contributed by atoms with E-state index in [0.717, 1.165) is 32.5 Å². The number of hydrogen-bond donors (Lipinski definition) is 2. The largest absolute Gasteiger partial charge is 0.357 e. The van der Waals surface area contributed by atoms with Crippen LogP contribution in [0.3, 0.4) is 0 Å². The first-order valence-corrected chi connectivity index (χ1v) is 9.22. The Morgan fingerprint density at radius 2 is 2.19 bits per heavy atom. The molecule has 8 heteroatoms. The van der Waals surface area contributed by atoms with Gasteiger partial charge in [0, 0.05) is 49.7 Å². The predicted molar refractivity (Wildman–Crippen MR) is 115 cm³/mol. The molecule has 1 fully saturated rings. The number of likely N-dealkylation sites (tertiary alicyclic amines) is 1. The van der Waals surface area contributed by atoms with Gasteiger partial charge in [0.15, 0.2) is 5.96 Å². The highest BCUT2D eigenvalue weighted by atomic mass is 127. The fourth-order valence-electron chi connectivity index (χ4n) is 2.81. The molecule has 0 atom stereocenters. The Morgan fingerprint density at radius 1 is 1.38 bits per heavy atom. The number of carbonyl (C=O) groups excluding carboxylic acids is 1. The first-order valence-electron chi connectivity index (χ1n) is 8.84. The lowest BCUT2D eigenvalue weighted by molar-refractivity contribution is -0.127. The van der Waals surface area contributed by atoms with Crippen LogP contribution in [0.2, 0.25) is 5.02 Å². The van der Waals surface area contributed by atoms with Crippen molar-refractivity contribution in [1.82, 2.24) is 15.5 Å². The van der Waals surface area contributed by atoms with Gasteiger partial charge in [0.2, 0.25) is 5.91 Å². The molecule has 0 bridgehead atoms. The van der Waals surface area contributed by atoms with Gasteiger partial charge in [0.1, 0.15) is 5.82 Å². The van der Waals surface area contributed by atoms with Crippen LogP contribution in [0.15, 0.2) is 23.2 Å². The molecule has 5 nitrogen and oxygen atoms in total. The van der Waals surface area contributed by atoms with Gasteiger partial charge in [-0.2, -0.15) is 0 Å². The SMILES string of the molecule is CCNC(=NCCCN1CCCC1=O)NCCc1c(F)cccc1Cl.I. The average molecular weight is 497 g/mol. The van der Waals surface area contributed by atoms with Gasteiger partial charge in [0.25, 0.3) is 0 Å². The van der Waals surface area contributed by atoms with Crippen molar-refractivity contribution in [3.05, 3.63) is 34.6 Å². The number of rotatable bonds is 8. The summed E-state index contributed by atoms with van der Waals surface area (Å²) in [5.74, 6) is 0.657. The fourth-order valence-corrected chi connectivity index (χ4v) is 3.07. The smallest absolute Gasteiger partial charge is 0.222 e. The number of nitrogens with one attached hydrogen (secondary N) is 2. The molecule has 1 heterocycles. The summed E-state index contributed by atoms with van der Waals surface area (Å²) in [6, 6.07) is 4.71. The summed E-state index contributed by atoms with van der Waals surface area (Å²) in [7, 11) is 0. The van der Waals surface area contributed by atoms with Gasteiger partial charge < -0.3 is 15.5 Å². The number of aliphatic imine (C=N–C) groups is 1. The Kier molecular flexibility index (Phi) is 10.9. The van der Waals surface area contributed by atoms with E-state index >= 15 is 0 Å². The van der Waals surface area contributed by atoms with Crippen LogP contribution < -0.4 is 10.6 Å². The van der Waals surface area contributed by atoms with E-state index in [9.17, 15) is 9.18 Å². The van der Waals surface area contributed by atoms with Gasteiger partial charge in [-0.3, -0.25) is 9.79 Å². The molecule has 0 aliphatic carbocycles. The normalized spacial score (nSPS) is 14.3. The maximum Gasteiger partial charge on any atom is 0.222 e. The minimum atomic E-state index is -0.286. The van der Waals surface area contributed by atoms with Crippen LogP contribution in [0, 0.1) is 5.82 Å². The highest BCUT2D eigenvalue weighted by Crippen LogP contribution is 2.18. The molecule has 1 saturated heterocycles. The number of hydrogen-bond acceptors (Lipinski definition) is 2. The van der Waals surface area contributed by atoms with Crippen LogP contribution in [0.25, 0.3) is 0 Å². The molecule has 0 radical (unpaired) electrons. The van der Waals surface area contributed by atoms with Gasteiger partial charge in [-0.15, -0.1) is 24.0 Å². The van der Waals surface area contributed by atoms with Crippen molar-refractivity contribution in [3.63, 3.8) is 0 Å². The van der Waals surface area contributed by atoms with Crippen molar-refractivity contribution in [1.29, 1.82) is 0 Å². The minimum absolute atomic E-state index is 0. The molecule has 1 amide bonds. The van der Waals surface area contributed by atoms with Gasteiger partial charge in [0.05, 0.1) is 0 Å². The zero-order valence-electron chi connectivity index (χ0n) is 15.1. The number of benzene rings is 1. The number of carbonyl (C=O) groups is 1. The van der Waals surface area contributed by atoms with E-state index in [1.807, 2.05) is 11.8 Å². The Bertz CT molecular complexity index is 595. The predicted octanol–water partition coefficient (Wildman–Crippen LogP) is 3.21. The zero-order valence-corrected chi connectivity index (χ0v) is 18.1. The molecule has 146 valence electrons. The monoisotopic (exact) mass is 496 g/mol. The molecule has 0 spiro atoms. The molecular formula is C18H27ClFIN4O. The van der Waals surface area contributed by atoms with Gasteiger partial charge in [-0.05, 0) is 38.3 Å². The molecule has 2 N–H and O–H groups in total. The summed E-state index contributed by atoms with van der Waals surface area (Å²) in [6.07, 6.45) is 2.95. The quantitative estimate of drug-likeness (QED) is 0.252. The Balaban J connectivity index is 0.00000338. The standard InChI is InChI=1S/C18H26ClFN4O.HI/c1-2-21-18(22-10-5-13-24-12-4-8-17(24)25)23-11-9-14-15(19)6-3-7-16(14)20;/h3,6-7H,2,4-5,8-13H2,1H3,(H2,21,22,23);1H. The van der Waals surface area contributed by atoms with Crippen LogP contribution in [0.1, 0.15) is 31.7 Å². The lowest BCUT2D eigenvalue weighted by atomic mass is 10.1. The molecule has 1 aromatic carbocycles. The second kappa shape index (κ2) is 12.3. The Hall–Kier alpha value is -1.09. The van der Waals surface area contributed by atoms with Crippen molar-refractivity contribution >= 4 is 47.4 Å². The summed E-state index contributed by atoms with van der Waals surface area (Å²) >= 11 is 6.04. The van der Waals surface area contributed by atoms with E-state index in [0.29, 0.717) is 42.5 Å². The van der Waals surface area contributed by atoms with Crippen molar-refractivity contribution in [2.75, 3.05) is 32.7 Å². The lowest BCUT2D eigenvalue weighted by Gasteiger charge is -2.15. The molecule has 1 aliphatic rings. The Labute approximate surface area is 176 Å². The van der Waals surface area contributed by atoms with Crippen LogP contribution >= 0.6 is 35.6 Å². The number of amides is 1. The highest BCUT2D eigenvalue weighted by Gasteiger charge is 2.18. The molecule has 0 unspecified atom stereocenters. The van der Waals surface area contributed by atoms with E-state index in [1.54, 1.807) is 12.1 Å².